The average molecular weight is 344 g/mol. The molecule has 1 amide bonds. The monoisotopic (exact) mass is 344 g/mol. The van der Waals surface area contributed by atoms with Crippen molar-refractivity contribution in [1.82, 2.24) is 9.62 Å². The molecule has 1 unspecified atom stereocenters. The van der Waals surface area contributed by atoms with E-state index in [9.17, 15) is 13.2 Å². The second kappa shape index (κ2) is 7.15. The largest absolute Gasteiger partial charge is 0.337 e. The number of amides is 1. The van der Waals surface area contributed by atoms with Gasteiger partial charge >= 0.3 is 0 Å². The zero-order valence-electron chi connectivity index (χ0n) is 13.3. The van der Waals surface area contributed by atoms with Crippen LogP contribution in [0.4, 0.5) is 0 Å². The number of carbonyl (C=O) groups is 1. The van der Waals surface area contributed by atoms with Gasteiger partial charge in [0.15, 0.2) is 0 Å². The van der Waals surface area contributed by atoms with Crippen LogP contribution in [0.25, 0.3) is 0 Å². The number of hydrogen-bond donors (Lipinski definition) is 1. The summed E-state index contributed by atoms with van der Waals surface area (Å²) in [5.74, 6) is -0.0563. The SMILES string of the molecule is O=C(c1ccccc1)N1CCCC(NS(=O)(=O)c2ccccc2)C1. The van der Waals surface area contributed by atoms with Crippen molar-refractivity contribution in [3.63, 3.8) is 0 Å². The Morgan fingerprint density at radius 1 is 1.00 bits per heavy atom. The van der Waals surface area contributed by atoms with Crippen LogP contribution in [0.3, 0.4) is 0 Å². The smallest absolute Gasteiger partial charge is 0.253 e. The van der Waals surface area contributed by atoms with Gasteiger partial charge in [-0.05, 0) is 37.1 Å². The van der Waals surface area contributed by atoms with Crippen molar-refractivity contribution in [1.29, 1.82) is 0 Å². The van der Waals surface area contributed by atoms with Gasteiger partial charge < -0.3 is 4.90 Å². The first-order valence-corrected chi connectivity index (χ1v) is 9.46. The van der Waals surface area contributed by atoms with Gasteiger partial charge in [0.1, 0.15) is 0 Å². The van der Waals surface area contributed by atoms with Crippen LogP contribution >= 0.6 is 0 Å². The average Bonchev–Trinajstić information content (AvgIpc) is 2.62. The number of piperidine rings is 1. The van der Waals surface area contributed by atoms with Gasteiger partial charge in [-0.15, -0.1) is 0 Å². The first-order chi connectivity index (χ1) is 11.6. The predicted molar refractivity (Wildman–Crippen MR) is 92.1 cm³/mol. The third kappa shape index (κ3) is 3.83. The third-order valence-electron chi connectivity index (χ3n) is 4.10. The summed E-state index contributed by atoms with van der Waals surface area (Å²) >= 11 is 0. The normalized spacial score (nSPS) is 18.3. The molecule has 6 heteroatoms. The van der Waals surface area contributed by atoms with Crippen LogP contribution in [-0.4, -0.2) is 38.4 Å². The number of sulfonamides is 1. The van der Waals surface area contributed by atoms with Crippen molar-refractivity contribution in [2.75, 3.05) is 13.1 Å². The van der Waals surface area contributed by atoms with Gasteiger partial charge in [0.05, 0.1) is 4.90 Å². The molecule has 1 saturated heterocycles. The molecule has 0 aromatic heterocycles. The van der Waals surface area contributed by atoms with Crippen molar-refractivity contribution in [3.8, 4) is 0 Å². The van der Waals surface area contributed by atoms with E-state index in [0.29, 0.717) is 18.7 Å². The van der Waals surface area contributed by atoms with Crippen LogP contribution in [-0.2, 0) is 10.0 Å². The summed E-state index contributed by atoms with van der Waals surface area (Å²) < 4.78 is 27.6. The summed E-state index contributed by atoms with van der Waals surface area (Å²) in [6.07, 6.45) is 1.51. The highest BCUT2D eigenvalue weighted by atomic mass is 32.2. The molecule has 126 valence electrons. The zero-order chi connectivity index (χ0) is 17.0. The number of likely N-dealkylation sites (tertiary alicyclic amines) is 1. The molecule has 1 aliphatic heterocycles. The Hall–Kier alpha value is -2.18. The van der Waals surface area contributed by atoms with Crippen molar-refractivity contribution >= 4 is 15.9 Å². The fourth-order valence-electron chi connectivity index (χ4n) is 2.91. The molecule has 0 aliphatic carbocycles. The van der Waals surface area contributed by atoms with E-state index in [-0.39, 0.29) is 16.8 Å². The van der Waals surface area contributed by atoms with E-state index >= 15 is 0 Å². The van der Waals surface area contributed by atoms with E-state index in [4.69, 9.17) is 0 Å². The van der Waals surface area contributed by atoms with Gasteiger partial charge in [0.2, 0.25) is 10.0 Å². The maximum atomic E-state index is 12.5. The fourth-order valence-corrected chi connectivity index (χ4v) is 4.19. The van der Waals surface area contributed by atoms with Crippen molar-refractivity contribution in [2.24, 2.45) is 0 Å². The molecule has 1 heterocycles. The maximum Gasteiger partial charge on any atom is 0.253 e. The standard InChI is InChI=1S/C18H20N2O3S/c21-18(15-8-3-1-4-9-15)20-13-7-10-16(14-20)19-24(22,23)17-11-5-2-6-12-17/h1-6,8-9,11-12,16,19H,7,10,13-14H2. The maximum absolute atomic E-state index is 12.5. The van der Waals surface area contributed by atoms with E-state index < -0.39 is 10.0 Å². The summed E-state index contributed by atoms with van der Waals surface area (Å²) in [5.41, 5.74) is 0.629. The summed E-state index contributed by atoms with van der Waals surface area (Å²) in [6, 6.07) is 17.1. The minimum Gasteiger partial charge on any atom is -0.337 e. The summed E-state index contributed by atoms with van der Waals surface area (Å²) in [5, 5.41) is 0. The molecule has 1 fully saturated rings. The minimum atomic E-state index is -3.56. The van der Waals surface area contributed by atoms with Crippen molar-refractivity contribution in [3.05, 3.63) is 66.2 Å². The van der Waals surface area contributed by atoms with E-state index in [2.05, 4.69) is 4.72 Å². The van der Waals surface area contributed by atoms with Crippen LogP contribution in [0.1, 0.15) is 23.2 Å². The van der Waals surface area contributed by atoms with Crippen LogP contribution in [0.5, 0.6) is 0 Å². The quantitative estimate of drug-likeness (QED) is 0.925. The topological polar surface area (TPSA) is 66.5 Å². The number of nitrogens with one attached hydrogen (secondary N) is 1. The minimum absolute atomic E-state index is 0.0563. The highest BCUT2D eigenvalue weighted by Crippen LogP contribution is 2.16. The molecular formula is C18H20N2O3S. The molecule has 0 spiro atoms. The molecule has 5 nitrogen and oxygen atoms in total. The van der Waals surface area contributed by atoms with Crippen molar-refractivity contribution in [2.45, 2.75) is 23.8 Å². The summed E-state index contributed by atoms with van der Waals surface area (Å²) in [7, 11) is -3.56. The van der Waals surface area contributed by atoms with Crippen LogP contribution in [0, 0.1) is 0 Å². The van der Waals surface area contributed by atoms with E-state index in [1.807, 2.05) is 18.2 Å². The lowest BCUT2D eigenvalue weighted by Crippen LogP contribution is -2.49. The first kappa shape index (κ1) is 16.7. The van der Waals surface area contributed by atoms with Gasteiger partial charge in [-0.1, -0.05) is 36.4 Å². The second-order valence-corrected chi connectivity index (χ2v) is 7.60. The molecular weight excluding hydrogens is 324 g/mol. The Bertz CT molecular complexity index is 792. The lowest BCUT2D eigenvalue weighted by molar-refractivity contribution is 0.0703. The Labute approximate surface area is 142 Å². The molecule has 2 aromatic rings. The van der Waals surface area contributed by atoms with Crippen LogP contribution in [0.15, 0.2) is 65.6 Å². The van der Waals surface area contributed by atoms with Gasteiger partial charge in [0.25, 0.3) is 5.91 Å². The molecule has 1 N–H and O–H groups in total. The molecule has 24 heavy (non-hydrogen) atoms. The fraction of sp³-hybridized carbons (Fsp3) is 0.278. The van der Waals surface area contributed by atoms with E-state index in [0.717, 1.165) is 12.8 Å². The van der Waals surface area contributed by atoms with Crippen LogP contribution in [0.2, 0.25) is 0 Å². The van der Waals surface area contributed by atoms with Gasteiger partial charge in [-0.3, -0.25) is 4.79 Å². The molecule has 3 rings (SSSR count). The molecule has 1 aliphatic rings. The molecule has 2 aromatic carbocycles. The lowest BCUT2D eigenvalue weighted by Gasteiger charge is -2.33. The Morgan fingerprint density at radius 2 is 1.62 bits per heavy atom. The third-order valence-corrected chi connectivity index (χ3v) is 5.64. The highest BCUT2D eigenvalue weighted by Gasteiger charge is 2.27. The number of hydrogen-bond acceptors (Lipinski definition) is 3. The Kier molecular flexibility index (Phi) is 4.97. The first-order valence-electron chi connectivity index (χ1n) is 7.98. The second-order valence-electron chi connectivity index (χ2n) is 5.89. The molecule has 0 bridgehead atoms. The zero-order valence-corrected chi connectivity index (χ0v) is 14.1. The number of rotatable bonds is 4. The predicted octanol–water partition coefficient (Wildman–Crippen LogP) is 2.27. The van der Waals surface area contributed by atoms with Gasteiger partial charge in [-0.25, -0.2) is 13.1 Å². The van der Waals surface area contributed by atoms with Crippen molar-refractivity contribution < 1.29 is 13.2 Å². The number of carbonyl (C=O) groups excluding carboxylic acids is 1. The highest BCUT2D eigenvalue weighted by molar-refractivity contribution is 7.89. The molecule has 0 radical (unpaired) electrons. The Morgan fingerprint density at radius 3 is 2.29 bits per heavy atom. The van der Waals surface area contributed by atoms with Gasteiger partial charge in [0, 0.05) is 24.7 Å². The van der Waals surface area contributed by atoms with Gasteiger partial charge in [-0.2, -0.15) is 0 Å². The van der Waals surface area contributed by atoms with E-state index in [1.54, 1.807) is 47.4 Å². The van der Waals surface area contributed by atoms with E-state index in [1.165, 1.54) is 0 Å². The summed E-state index contributed by atoms with van der Waals surface area (Å²) in [4.78, 5) is 14.5. The Balaban J connectivity index is 1.69. The number of nitrogens with zero attached hydrogens (tertiary/aromatic N) is 1. The van der Waals surface area contributed by atoms with Crippen LogP contribution < -0.4 is 4.72 Å². The molecule has 1 atom stereocenters. The lowest BCUT2D eigenvalue weighted by atomic mass is 10.1. The number of benzene rings is 2. The molecule has 0 saturated carbocycles. The summed E-state index contributed by atoms with van der Waals surface area (Å²) in [6.45, 7) is 1.04.